The normalized spacial score (nSPS) is 22.4. The van der Waals surface area contributed by atoms with Gasteiger partial charge in [-0.05, 0) is 20.8 Å². The molecule has 0 aromatic carbocycles. The fraction of sp³-hybridized carbons (Fsp3) is 0.933. The predicted octanol–water partition coefficient (Wildman–Crippen LogP) is 1.78. The molecule has 0 aliphatic carbocycles. The number of hydrogen-bond donors (Lipinski definition) is 1. The summed E-state index contributed by atoms with van der Waals surface area (Å²) in [6.07, 6.45) is 0. The average molecular weight is 523 g/mol. The highest BCUT2D eigenvalue weighted by Crippen LogP contribution is 2.29. The Hall–Kier alpha value is 0.610. The van der Waals surface area contributed by atoms with Gasteiger partial charge in [0.2, 0.25) is 10.0 Å². The number of thioether (sulfide) groups is 2. The Labute approximate surface area is 178 Å². The van der Waals surface area contributed by atoms with Gasteiger partial charge in [0.1, 0.15) is 0 Å². The van der Waals surface area contributed by atoms with Gasteiger partial charge >= 0.3 is 0 Å². The molecule has 0 atom stereocenters. The van der Waals surface area contributed by atoms with Crippen molar-refractivity contribution in [2.24, 2.45) is 4.99 Å². The van der Waals surface area contributed by atoms with Crippen LogP contribution in [0.1, 0.15) is 20.8 Å². The molecule has 10 heteroatoms. The first-order chi connectivity index (χ1) is 11.3. The van der Waals surface area contributed by atoms with Crippen LogP contribution < -0.4 is 5.32 Å². The zero-order valence-electron chi connectivity index (χ0n) is 15.4. The van der Waals surface area contributed by atoms with E-state index in [9.17, 15) is 8.42 Å². The highest BCUT2D eigenvalue weighted by atomic mass is 127. The molecular formula is C15H31IN4O2S3. The summed E-state index contributed by atoms with van der Waals surface area (Å²) in [5.41, 5.74) is 0. The molecule has 2 fully saturated rings. The Morgan fingerprint density at radius 1 is 1.20 bits per heavy atom. The molecule has 0 saturated carbocycles. The van der Waals surface area contributed by atoms with E-state index < -0.39 is 10.0 Å². The summed E-state index contributed by atoms with van der Waals surface area (Å²) in [4.78, 5) is 6.85. The van der Waals surface area contributed by atoms with E-state index in [1.54, 1.807) is 4.31 Å². The maximum absolute atomic E-state index is 12.4. The Morgan fingerprint density at radius 3 is 2.48 bits per heavy atom. The molecule has 0 amide bonds. The molecule has 2 saturated heterocycles. The Bertz CT molecular complexity index is 537. The summed E-state index contributed by atoms with van der Waals surface area (Å²) in [6, 6.07) is 0. The summed E-state index contributed by atoms with van der Waals surface area (Å²) in [5.74, 6) is 3.80. The molecule has 0 bridgehead atoms. The third-order valence-electron chi connectivity index (χ3n) is 4.03. The number of guanidine groups is 1. The molecular weight excluding hydrogens is 491 g/mol. The molecule has 0 aromatic rings. The molecule has 2 rings (SSSR count). The summed E-state index contributed by atoms with van der Waals surface area (Å²) in [5, 5.41) is 3.31. The zero-order valence-corrected chi connectivity index (χ0v) is 20.1. The molecule has 1 N–H and O–H groups in total. The van der Waals surface area contributed by atoms with Crippen LogP contribution >= 0.6 is 47.5 Å². The van der Waals surface area contributed by atoms with Gasteiger partial charge in [0.05, 0.1) is 12.3 Å². The van der Waals surface area contributed by atoms with Crippen molar-refractivity contribution in [3.63, 3.8) is 0 Å². The quantitative estimate of drug-likeness (QED) is 0.338. The van der Waals surface area contributed by atoms with E-state index in [-0.39, 0.29) is 34.5 Å². The molecule has 25 heavy (non-hydrogen) atoms. The number of halogens is 1. The van der Waals surface area contributed by atoms with Crippen LogP contribution in [-0.2, 0) is 10.0 Å². The van der Waals surface area contributed by atoms with Gasteiger partial charge in [-0.1, -0.05) is 0 Å². The molecule has 148 valence electrons. The predicted molar refractivity (Wildman–Crippen MR) is 122 cm³/mol. The lowest BCUT2D eigenvalue weighted by Gasteiger charge is -2.39. The minimum atomic E-state index is -3.19. The summed E-state index contributed by atoms with van der Waals surface area (Å²) < 4.78 is 26.6. The number of rotatable bonds is 5. The Morgan fingerprint density at radius 2 is 1.88 bits per heavy atom. The molecule has 0 unspecified atom stereocenters. The van der Waals surface area contributed by atoms with E-state index in [0.717, 1.165) is 42.9 Å². The third-order valence-corrected chi connectivity index (χ3v) is 8.12. The van der Waals surface area contributed by atoms with Crippen molar-refractivity contribution < 1.29 is 8.42 Å². The van der Waals surface area contributed by atoms with Gasteiger partial charge in [0.15, 0.2) is 5.96 Å². The first kappa shape index (κ1) is 23.6. The molecule has 6 nitrogen and oxygen atoms in total. The molecule has 0 radical (unpaired) electrons. The van der Waals surface area contributed by atoms with Crippen LogP contribution in [0.2, 0.25) is 0 Å². The van der Waals surface area contributed by atoms with Crippen molar-refractivity contribution in [2.75, 3.05) is 62.3 Å². The lowest BCUT2D eigenvalue weighted by molar-refractivity contribution is 0.376. The fourth-order valence-corrected chi connectivity index (χ4v) is 6.41. The lowest BCUT2D eigenvalue weighted by Crippen LogP contribution is -2.51. The van der Waals surface area contributed by atoms with Gasteiger partial charge in [0.25, 0.3) is 0 Å². The van der Waals surface area contributed by atoms with Crippen molar-refractivity contribution in [3.8, 4) is 0 Å². The van der Waals surface area contributed by atoms with Crippen LogP contribution in [0.3, 0.4) is 0 Å². The monoisotopic (exact) mass is 522 g/mol. The van der Waals surface area contributed by atoms with Gasteiger partial charge < -0.3 is 10.2 Å². The van der Waals surface area contributed by atoms with Crippen LogP contribution in [0, 0.1) is 0 Å². The SMILES string of the molecule is CCNC(=NCCS(=O)(=O)N1CCSCC1)N1CCSC(C)(C)C1.I. The maximum Gasteiger partial charge on any atom is 0.215 e. The van der Waals surface area contributed by atoms with Crippen LogP contribution in [0.5, 0.6) is 0 Å². The first-order valence-corrected chi connectivity index (χ1v) is 12.3. The van der Waals surface area contributed by atoms with E-state index in [0.29, 0.717) is 19.6 Å². The van der Waals surface area contributed by atoms with Gasteiger partial charge in [-0.3, -0.25) is 4.99 Å². The van der Waals surface area contributed by atoms with Crippen molar-refractivity contribution in [1.29, 1.82) is 0 Å². The van der Waals surface area contributed by atoms with Crippen molar-refractivity contribution >= 4 is 63.5 Å². The van der Waals surface area contributed by atoms with E-state index >= 15 is 0 Å². The smallest absolute Gasteiger partial charge is 0.215 e. The van der Waals surface area contributed by atoms with Crippen LogP contribution in [-0.4, -0.2) is 90.6 Å². The van der Waals surface area contributed by atoms with E-state index in [2.05, 4.69) is 29.1 Å². The van der Waals surface area contributed by atoms with Crippen LogP contribution in [0.25, 0.3) is 0 Å². The third kappa shape index (κ3) is 7.63. The first-order valence-electron chi connectivity index (χ1n) is 8.57. The second-order valence-corrected chi connectivity index (χ2v) is 11.7. The minimum absolute atomic E-state index is 0. The summed E-state index contributed by atoms with van der Waals surface area (Å²) in [6.45, 7) is 10.8. The van der Waals surface area contributed by atoms with Crippen molar-refractivity contribution in [2.45, 2.75) is 25.5 Å². The molecule has 2 aliphatic heterocycles. The number of sulfonamides is 1. The Kier molecular flexibility index (Phi) is 10.2. The largest absolute Gasteiger partial charge is 0.357 e. The molecule has 0 aromatic heterocycles. The zero-order chi connectivity index (χ0) is 17.6. The number of nitrogens with zero attached hydrogens (tertiary/aromatic N) is 3. The maximum atomic E-state index is 12.4. The summed E-state index contributed by atoms with van der Waals surface area (Å²) >= 11 is 3.79. The summed E-state index contributed by atoms with van der Waals surface area (Å²) in [7, 11) is -3.19. The highest BCUT2D eigenvalue weighted by Gasteiger charge is 2.29. The average Bonchev–Trinajstić information content (AvgIpc) is 2.54. The molecule has 0 spiro atoms. The van der Waals surface area contributed by atoms with E-state index in [4.69, 9.17) is 0 Å². The van der Waals surface area contributed by atoms with Crippen LogP contribution in [0.15, 0.2) is 4.99 Å². The molecule has 2 aliphatic rings. The van der Waals surface area contributed by atoms with Gasteiger partial charge in [-0.2, -0.15) is 23.5 Å². The van der Waals surface area contributed by atoms with Crippen molar-refractivity contribution in [3.05, 3.63) is 0 Å². The van der Waals surface area contributed by atoms with Crippen molar-refractivity contribution in [1.82, 2.24) is 14.5 Å². The fourth-order valence-electron chi connectivity index (χ4n) is 2.84. The highest BCUT2D eigenvalue weighted by molar-refractivity contribution is 14.0. The number of nitrogens with one attached hydrogen (secondary N) is 1. The van der Waals surface area contributed by atoms with Crippen LogP contribution in [0.4, 0.5) is 0 Å². The van der Waals surface area contributed by atoms with Gasteiger partial charge in [-0.25, -0.2) is 12.7 Å². The second-order valence-electron chi connectivity index (χ2n) is 6.59. The van der Waals surface area contributed by atoms with E-state index in [1.807, 2.05) is 30.4 Å². The number of aliphatic imine (C=N–C) groups is 1. The topological polar surface area (TPSA) is 65.0 Å². The lowest BCUT2D eigenvalue weighted by atomic mass is 10.2. The standard InChI is InChI=1S/C15H30N4O2S3.HI/c1-4-16-14(18-6-11-23-15(2,3)13-18)17-5-12-24(20,21)19-7-9-22-10-8-19;/h4-13H2,1-3H3,(H,16,17);1H. The second kappa shape index (κ2) is 10.8. The van der Waals surface area contributed by atoms with E-state index in [1.165, 1.54) is 0 Å². The van der Waals surface area contributed by atoms with Gasteiger partial charge in [-0.15, -0.1) is 24.0 Å². The minimum Gasteiger partial charge on any atom is -0.357 e. The molecule has 2 heterocycles. The number of hydrogen-bond acceptors (Lipinski definition) is 5. The van der Waals surface area contributed by atoms with Gasteiger partial charge in [0, 0.05) is 54.7 Å². The Balaban J connectivity index is 0.00000312.